The molecule has 7 heavy (non-hydrogen) atoms. The molecule has 0 amide bonds. The average Bonchev–Trinajstić information content (AvgIpc) is 1.61. The molecule has 0 unspecified atom stereocenters. The van der Waals surface area contributed by atoms with E-state index in [1.165, 1.54) is 0 Å². The Labute approximate surface area is 52.7 Å². The van der Waals surface area contributed by atoms with Gasteiger partial charge < -0.3 is 0 Å². The van der Waals surface area contributed by atoms with Crippen LogP contribution in [0.1, 0.15) is 6.92 Å². The summed E-state index contributed by atoms with van der Waals surface area (Å²) in [7, 11) is 0. The van der Waals surface area contributed by atoms with Gasteiger partial charge in [0.15, 0.2) is 0 Å². The highest BCUT2D eigenvalue weighted by atomic mass is 79.9. The summed E-state index contributed by atoms with van der Waals surface area (Å²) in [6, 6.07) is 0. The van der Waals surface area contributed by atoms with Gasteiger partial charge in [-0.05, 0) is 13.0 Å². The molecule has 0 aliphatic heterocycles. The fourth-order valence-corrected chi connectivity index (χ4v) is 0.306. The lowest BCUT2D eigenvalue weighted by Crippen LogP contribution is -1.78. The first-order valence-corrected chi connectivity index (χ1v) is 2.95. The number of rotatable bonds is 0. The summed E-state index contributed by atoms with van der Waals surface area (Å²) in [5, 5.41) is 0. The molecular formula is C6H7Br. The highest BCUT2D eigenvalue weighted by Gasteiger charge is 1.79. The predicted octanol–water partition coefficient (Wildman–Crippen LogP) is 1.96. The van der Waals surface area contributed by atoms with Crippen molar-refractivity contribution in [1.82, 2.24) is 0 Å². The molecule has 0 fully saturated rings. The fraction of sp³-hybridized carbons (Fsp3) is 0.333. The van der Waals surface area contributed by atoms with E-state index in [9.17, 15) is 0 Å². The first-order chi connectivity index (χ1) is 3.27. The van der Waals surface area contributed by atoms with Crippen LogP contribution in [0.3, 0.4) is 0 Å². The van der Waals surface area contributed by atoms with Gasteiger partial charge >= 0.3 is 0 Å². The summed E-state index contributed by atoms with van der Waals surface area (Å²) < 4.78 is 0. The Morgan fingerprint density at radius 1 is 1.86 bits per heavy atom. The van der Waals surface area contributed by atoms with E-state index in [-0.39, 0.29) is 4.83 Å². The van der Waals surface area contributed by atoms with Crippen molar-refractivity contribution in [3.8, 4) is 11.8 Å². The van der Waals surface area contributed by atoms with E-state index in [2.05, 4.69) is 34.3 Å². The van der Waals surface area contributed by atoms with Crippen molar-refractivity contribution >= 4 is 15.9 Å². The van der Waals surface area contributed by atoms with Crippen LogP contribution in [0, 0.1) is 11.8 Å². The molecule has 0 aromatic carbocycles. The molecule has 0 saturated heterocycles. The molecule has 0 aromatic rings. The van der Waals surface area contributed by atoms with Gasteiger partial charge in [-0.2, -0.15) is 0 Å². The Kier molecular flexibility index (Phi) is 3.83. The van der Waals surface area contributed by atoms with E-state index >= 15 is 0 Å². The smallest absolute Gasteiger partial charge is 0.0730 e. The summed E-state index contributed by atoms with van der Waals surface area (Å²) in [6.07, 6.45) is 1.58. The third-order valence-corrected chi connectivity index (χ3v) is 0.613. The Balaban J connectivity index is 3.43. The lowest BCUT2D eigenvalue weighted by atomic mass is 10.5. The highest BCUT2D eigenvalue weighted by molar-refractivity contribution is 9.09. The van der Waals surface area contributed by atoms with E-state index in [0.717, 1.165) is 0 Å². The number of halogens is 1. The van der Waals surface area contributed by atoms with Crippen molar-refractivity contribution in [1.29, 1.82) is 0 Å². The Hall–Kier alpha value is -0.220. The molecule has 0 heterocycles. The summed E-state index contributed by atoms with van der Waals surface area (Å²) in [5.74, 6) is 5.56. The molecular weight excluding hydrogens is 152 g/mol. The van der Waals surface area contributed by atoms with E-state index in [1.807, 2.05) is 6.92 Å². The molecule has 0 bridgehead atoms. The van der Waals surface area contributed by atoms with Crippen molar-refractivity contribution in [3.63, 3.8) is 0 Å². The van der Waals surface area contributed by atoms with Gasteiger partial charge in [-0.1, -0.05) is 34.3 Å². The molecule has 0 N–H and O–H groups in total. The van der Waals surface area contributed by atoms with Gasteiger partial charge in [0.1, 0.15) is 0 Å². The van der Waals surface area contributed by atoms with E-state index in [0.29, 0.717) is 0 Å². The molecule has 1 atom stereocenters. The maximum absolute atomic E-state index is 3.44. The van der Waals surface area contributed by atoms with Crippen LogP contribution in [-0.4, -0.2) is 4.83 Å². The second kappa shape index (κ2) is 3.95. The highest BCUT2D eigenvalue weighted by Crippen LogP contribution is 1.91. The third kappa shape index (κ3) is 5.78. The van der Waals surface area contributed by atoms with Crippen molar-refractivity contribution in [2.75, 3.05) is 0 Å². The maximum atomic E-state index is 3.44. The molecule has 1 heteroatoms. The molecule has 0 aromatic heterocycles. The van der Waals surface area contributed by atoms with Crippen LogP contribution in [0.2, 0.25) is 0 Å². The number of hydrogen-bond acceptors (Lipinski definition) is 0. The monoisotopic (exact) mass is 158 g/mol. The lowest BCUT2D eigenvalue weighted by Gasteiger charge is -1.79. The number of alkyl halides is 1. The molecule has 0 spiro atoms. The van der Waals surface area contributed by atoms with E-state index < -0.39 is 0 Å². The molecule has 0 saturated carbocycles. The summed E-state index contributed by atoms with van der Waals surface area (Å²) in [5.41, 5.74) is 0. The van der Waals surface area contributed by atoms with Crippen LogP contribution in [0.4, 0.5) is 0 Å². The van der Waals surface area contributed by atoms with Gasteiger partial charge in [-0.25, -0.2) is 0 Å². The van der Waals surface area contributed by atoms with Crippen LogP contribution in [0.15, 0.2) is 12.7 Å². The molecule has 0 rings (SSSR count). The number of allylic oxidation sites excluding steroid dienone is 1. The van der Waals surface area contributed by atoms with Crippen molar-refractivity contribution < 1.29 is 0 Å². The molecule has 0 radical (unpaired) electrons. The Bertz CT molecular complexity index is 103. The van der Waals surface area contributed by atoms with Gasteiger partial charge in [-0.15, -0.1) is 0 Å². The minimum Gasteiger partial charge on any atom is -0.0907 e. The van der Waals surface area contributed by atoms with Gasteiger partial charge in [0, 0.05) is 0 Å². The molecule has 0 aliphatic carbocycles. The van der Waals surface area contributed by atoms with Crippen molar-refractivity contribution in [2.24, 2.45) is 0 Å². The zero-order valence-corrected chi connectivity index (χ0v) is 5.83. The van der Waals surface area contributed by atoms with Crippen molar-refractivity contribution in [3.05, 3.63) is 12.7 Å². The van der Waals surface area contributed by atoms with Crippen molar-refractivity contribution in [2.45, 2.75) is 11.8 Å². The summed E-state index contributed by atoms with van der Waals surface area (Å²) in [4.78, 5) is 0.283. The van der Waals surface area contributed by atoms with Gasteiger partial charge in [0.2, 0.25) is 0 Å². The SMILES string of the molecule is C=CC#C[C@@H](C)Br. The van der Waals surface area contributed by atoms with E-state index in [1.54, 1.807) is 6.08 Å². The second-order valence-corrected chi connectivity index (χ2v) is 2.48. The number of hydrogen-bond donors (Lipinski definition) is 0. The van der Waals surface area contributed by atoms with E-state index in [4.69, 9.17) is 0 Å². The van der Waals surface area contributed by atoms with Crippen LogP contribution < -0.4 is 0 Å². The standard InChI is InChI=1S/C6H7Br/c1-3-4-5-6(2)7/h3,6H,1H2,2H3/t6-/m1/s1. The van der Waals surface area contributed by atoms with Crippen LogP contribution >= 0.6 is 15.9 Å². The van der Waals surface area contributed by atoms with Gasteiger partial charge in [0.05, 0.1) is 4.83 Å². The average molecular weight is 159 g/mol. The molecule has 38 valence electrons. The molecule has 0 nitrogen and oxygen atoms in total. The zero-order valence-electron chi connectivity index (χ0n) is 4.24. The Morgan fingerprint density at radius 2 is 2.43 bits per heavy atom. The first-order valence-electron chi connectivity index (χ1n) is 2.03. The van der Waals surface area contributed by atoms with Crippen LogP contribution in [-0.2, 0) is 0 Å². The quantitative estimate of drug-likeness (QED) is 0.374. The zero-order chi connectivity index (χ0) is 5.70. The summed E-state index contributed by atoms with van der Waals surface area (Å²) >= 11 is 3.25. The van der Waals surface area contributed by atoms with Gasteiger partial charge in [-0.3, -0.25) is 0 Å². The normalized spacial score (nSPS) is 11.1. The third-order valence-electron chi connectivity index (χ3n) is 0.384. The maximum Gasteiger partial charge on any atom is 0.0730 e. The topological polar surface area (TPSA) is 0 Å². The fourth-order valence-electron chi connectivity index (χ4n) is 0.174. The summed E-state index contributed by atoms with van der Waals surface area (Å²) in [6.45, 7) is 5.41. The predicted molar refractivity (Wildman–Crippen MR) is 36.4 cm³/mol. The minimum atomic E-state index is 0.283. The van der Waals surface area contributed by atoms with Crippen LogP contribution in [0.5, 0.6) is 0 Å². The second-order valence-electron chi connectivity index (χ2n) is 1.11. The largest absolute Gasteiger partial charge is 0.0907 e. The minimum absolute atomic E-state index is 0.283. The Morgan fingerprint density at radius 3 is 2.57 bits per heavy atom. The van der Waals surface area contributed by atoms with Gasteiger partial charge in [0.25, 0.3) is 0 Å². The van der Waals surface area contributed by atoms with Crippen LogP contribution in [0.25, 0.3) is 0 Å². The first kappa shape index (κ1) is 6.78. The lowest BCUT2D eigenvalue weighted by molar-refractivity contribution is 1.33. The molecule has 0 aliphatic rings.